The monoisotopic (exact) mass is 255 g/mol. The van der Waals surface area contributed by atoms with Gasteiger partial charge < -0.3 is 9.84 Å². The number of aliphatic hydroxyl groups is 1. The quantitative estimate of drug-likeness (QED) is 0.783. The molecule has 4 atom stereocenters. The Balaban J connectivity index is 2.16. The molecule has 0 spiro atoms. The van der Waals surface area contributed by atoms with Gasteiger partial charge in [0, 0.05) is 6.04 Å². The zero-order valence-electron chi connectivity index (χ0n) is 12.1. The lowest BCUT2D eigenvalue weighted by atomic mass is 9.62. The maximum atomic E-state index is 12.3. The van der Waals surface area contributed by atoms with Gasteiger partial charge in [0.05, 0.1) is 11.6 Å². The van der Waals surface area contributed by atoms with E-state index < -0.39 is 11.7 Å². The van der Waals surface area contributed by atoms with Gasteiger partial charge in [0.1, 0.15) is 5.60 Å². The number of nitrogens with zero attached hydrogens (tertiary/aromatic N) is 1. The van der Waals surface area contributed by atoms with Gasteiger partial charge in [0.2, 0.25) is 0 Å². The molecule has 1 N–H and O–H groups in total. The minimum Gasteiger partial charge on any atom is -0.444 e. The molecule has 2 aliphatic heterocycles. The van der Waals surface area contributed by atoms with E-state index in [-0.39, 0.29) is 17.7 Å². The Morgan fingerprint density at radius 3 is 2.56 bits per heavy atom. The standard InChI is InChI=1S/C14H25NO3/c1-9-6-11-8-14(7-9,10(2)16)15(11)12(17)18-13(3,4)5/h9-11,16H,6-8H2,1-5H3/t9?,10-,11?,14?/m0/s1. The number of fused-ring (bicyclic) bond motifs is 2. The van der Waals surface area contributed by atoms with E-state index in [1.807, 2.05) is 20.8 Å². The molecule has 104 valence electrons. The summed E-state index contributed by atoms with van der Waals surface area (Å²) in [6, 6.07) is 0.248. The first kappa shape index (κ1) is 13.7. The predicted molar refractivity (Wildman–Crippen MR) is 69.3 cm³/mol. The highest BCUT2D eigenvalue weighted by molar-refractivity contribution is 5.71. The zero-order valence-corrected chi connectivity index (χ0v) is 12.1. The molecule has 3 rings (SSSR count). The van der Waals surface area contributed by atoms with Crippen LogP contribution in [-0.2, 0) is 4.74 Å². The fourth-order valence-electron chi connectivity index (χ4n) is 3.55. The highest BCUT2D eigenvalue weighted by Crippen LogP contribution is 2.51. The largest absolute Gasteiger partial charge is 0.444 e. The smallest absolute Gasteiger partial charge is 0.411 e. The summed E-state index contributed by atoms with van der Waals surface area (Å²) in [5.41, 5.74) is -0.864. The van der Waals surface area contributed by atoms with Crippen molar-refractivity contribution in [1.29, 1.82) is 0 Å². The van der Waals surface area contributed by atoms with Gasteiger partial charge in [-0.15, -0.1) is 0 Å². The number of hydrogen-bond donors (Lipinski definition) is 1. The van der Waals surface area contributed by atoms with Crippen LogP contribution >= 0.6 is 0 Å². The molecular formula is C14H25NO3. The summed E-state index contributed by atoms with van der Waals surface area (Å²) in [7, 11) is 0. The van der Waals surface area contributed by atoms with Crippen molar-refractivity contribution in [2.75, 3.05) is 0 Å². The van der Waals surface area contributed by atoms with Crippen molar-refractivity contribution in [3.8, 4) is 0 Å². The van der Waals surface area contributed by atoms with Crippen LogP contribution in [0.3, 0.4) is 0 Å². The molecule has 0 radical (unpaired) electrons. The molecule has 0 aromatic rings. The average molecular weight is 255 g/mol. The zero-order chi connectivity index (χ0) is 13.7. The molecule has 4 heteroatoms. The van der Waals surface area contributed by atoms with Gasteiger partial charge in [-0.3, -0.25) is 4.90 Å². The van der Waals surface area contributed by atoms with E-state index in [4.69, 9.17) is 4.74 Å². The summed E-state index contributed by atoms with van der Waals surface area (Å²) >= 11 is 0. The molecule has 3 aliphatic rings. The SMILES string of the molecule is CC1CC2CC([C@H](C)O)(C1)N2C(=O)OC(C)(C)C. The van der Waals surface area contributed by atoms with E-state index in [0.29, 0.717) is 5.92 Å². The van der Waals surface area contributed by atoms with E-state index in [2.05, 4.69) is 6.92 Å². The Kier molecular flexibility index (Phi) is 3.13. The minimum absolute atomic E-state index is 0.248. The van der Waals surface area contributed by atoms with E-state index in [1.165, 1.54) is 0 Å². The number of amides is 1. The first-order chi connectivity index (χ1) is 8.16. The highest BCUT2D eigenvalue weighted by atomic mass is 16.6. The van der Waals surface area contributed by atoms with Gasteiger partial charge in [0.25, 0.3) is 0 Å². The Morgan fingerprint density at radius 2 is 2.06 bits per heavy atom. The molecule has 4 nitrogen and oxygen atoms in total. The lowest BCUT2D eigenvalue weighted by Crippen LogP contribution is -2.75. The number of aliphatic hydroxyl groups excluding tert-OH is 1. The van der Waals surface area contributed by atoms with Crippen molar-refractivity contribution in [2.24, 2.45) is 5.92 Å². The molecule has 2 bridgehead atoms. The van der Waals surface area contributed by atoms with Crippen LogP contribution in [0.25, 0.3) is 0 Å². The molecular weight excluding hydrogens is 230 g/mol. The second-order valence-corrected chi connectivity index (χ2v) is 7.03. The summed E-state index contributed by atoms with van der Waals surface area (Å²) in [6.07, 6.45) is 2.04. The molecule has 1 aliphatic carbocycles. The average Bonchev–Trinajstić information content (AvgIpc) is 2.12. The maximum absolute atomic E-state index is 12.3. The fraction of sp³-hybridized carbons (Fsp3) is 0.929. The van der Waals surface area contributed by atoms with Crippen LogP contribution in [0.5, 0.6) is 0 Å². The van der Waals surface area contributed by atoms with Crippen LogP contribution < -0.4 is 0 Å². The van der Waals surface area contributed by atoms with Crippen LogP contribution in [0, 0.1) is 5.92 Å². The molecule has 0 aromatic heterocycles. The van der Waals surface area contributed by atoms with Gasteiger partial charge >= 0.3 is 6.09 Å². The van der Waals surface area contributed by atoms with Crippen LogP contribution in [0.1, 0.15) is 53.9 Å². The molecule has 3 fully saturated rings. The fourth-order valence-corrected chi connectivity index (χ4v) is 3.55. The van der Waals surface area contributed by atoms with Crippen LogP contribution in [0.15, 0.2) is 0 Å². The highest BCUT2D eigenvalue weighted by Gasteiger charge is 2.61. The Labute approximate surface area is 109 Å². The number of hydrogen-bond acceptors (Lipinski definition) is 3. The lowest BCUT2D eigenvalue weighted by Gasteiger charge is -2.64. The van der Waals surface area contributed by atoms with Crippen molar-refractivity contribution in [2.45, 2.75) is 77.2 Å². The van der Waals surface area contributed by atoms with Crippen LogP contribution in [0.2, 0.25) is 0 Å². The first-order valence-electron chi connectivity index (χ1n) is 6.86. The van der Waals surface area contributed by atoms with Gasteiger partial charge in [-0.05, 0) is 52.9 Å². The second-order valence-electron chi connectivity index (χ2n) is 7.03. The molecule has 1 amide bonds. The number of carbonyl (C=O) groups is 1. The molecule has 2 heterocycles. The molecule has 1 saturated carbocycles. The van der Waals surface area contributed by atoms with E-state index in [9.17, 15) is 9.90 Å². The van der Waals surface area contributed by atoms with Gasteiger partial charge in [-0.2, -0.15) is 0 Å². The van der Waals surface area contributed by atoms with E-state index in [0.717, 1.165) is 19.3 Å². The van der Waals surface area contributed by atoms with Crippen molar-refractivity contribution in [3.05, 3.63) is 0 Å². The van der Waals surface area contributed by atoms with Crippen molar-refractivity contribution in [1.82, 2.24) is 4.90 Å². The summed E-state index contributed by atoms with van der Waals surface area (Å²) in [5.74, 6) is 0.567. The van der Waals surface area contributed by atoms with E-state index >= 15 is 0 Å². The number of ether oxygens (including phenoxy) is 1. The third kappa shape index (κ3) is 2.11. The predicted octanol–water partition coefficient (Wildman–Crippen LogP) is 2.55. The Bertz CT molecular complexity index is 347. The molecule has 18 heavy (non-hydrogen) atoms. The van der Waals surface area contributed by atoms with E-state index in [1.54, 1.807) is 11.8 Å². The van der Waals surface area contributed by atoms with Crippen molar-refractivity contribution in [3.63, 3.8) is 0 Å². The Hall–Kier alpha value is -0.770. The van der Waals surface area contributed by atoms with Crippen LogP contribution in [0.4, 0.5) is 4.79 Å². The molecule has 3 unspecified atom stereocenters. The summed E-state index contributed by atoms with van der Waals surface area (Å²) in [4.78, 5) is 14.1. The Morgan fingerprint density at radius 1 is 1.44 bits per heavy atom. The normalized spacial score (nSPS) is 36.9. The third-order valence-electron chi connectivity index (χ3n) is 4.18. The summed E-state index contributed by atoms with van der Waals surface area (Å²) in [5, 5.41) is 10.1. The topological polar surface area (TPSA) is 49.8 Å². The van der Waals surface area contributed by atoms with Crippen molar-refractivity contribution < 1.29 is 14.6 Å². The number of rotatable bonds is 1. The van der Waals surface area contributed by atoms with Gasteiger partial charge in [-0.25, -0.2) is 4.79 Å². The summed E-state index contributed by atoms with van der Waals surface area (Å²) < 4.78 is 5.46. The first-order valence-corrected chi connectivity index (χ1v) is 6.86. The number of carbonyl (C=O) groups excluding carboxylic acids is 1. The van der Waals surface area contributed by atoms with Gasteiger partial charge in [-0.1, -0.05) is 6.92 Å². The number of piperidine rings is 1. The molecule has 2 saturated heterocycles. The second kappa shape index (κ2) is 4.12. The third-order valence-corrected chi connectivity index (χ3v) is 4.18. The van der Waals surface area contributed by atoms with Crippen molar-refractivity contribution >= 4 is 6.09 Å². The van der Waals surface area contributed by atoms with Crippen LogP contribution in [-0.4, -0.2) is 39.4 Å². The maximum Gasteiger partial charge on any atom is 0.411 e. The van der Waals surface area contributed by atoms with Gasteiger partial charge in [0.15, 0.2) is 0 Å². The summed E-state index contributed by atoms with van der Waals surface area (Å²) in [6.45, 7) is 9.59. The minimum atomic E-state index is -0.496. The lowest BCUT2D eigenvalue weighted by molar-refractivity contribution is -0.167. The molecule has 0 aromatic carbocycles.